The molecule has 5 heterocycles. The molecule has 2 aromatic heterocycles. The van der Waals surface area contributed by atoms with Crippen molar-refractivity contribution in [1.82, 2.24) is 49.9 Å². The van der Waals surface area contributed by atoms with Crippen LogP contribution in [-0.4, -0.2) is 224 Å². The molecule has 8 unspecified atom stereocenters. The second kappa shape index (κ2) is 48.8. The van der Waals surface area contributed by atoms with Crippen molar-refractivity contribution in [3.8, 4) is 39.8 Å². The number of nitriles is 1. The van der Waals surface area contributed by atoms with Crippen LogP contribution in [0.5, 0.6) is 11.5 Å². The quantitative estimate of drug-likeness (QED) is 0.00322. The molecule has 3 aliphatic heterocycles. The number of anilines is 1. The maximum absolute atomic E-state index is 14.2. The van der Waals surface area contributed by atoms with Crippen molar-refractivity contribution in [2.45, 2.75) is 171 Å². The number of hydrogen-bond donors (Lipinski definition) is 10. The van der Waals surface area contributed by atoms with E-state index in [1.807, 2.05) is 184 Å². The molecule has 34 nitrogen and oxygen atoms in total. The zero-order valence-corrected chi connectivity index (χ0v) is 81.5. The van der Waals surface area contributed by atoms with Gasteiger partial charge in [-0.3, -0.25) is 29.8 Å². The molecule has 10 N–H and O–H groups in total. The number of fused-ring (bicyclic) bond motifs is 7. The van der Waals surface area contributed by atoms with Gasteiger partial charge in [0.05, 0.1) is 59.0 Å². The molecule has 137 heavy (non-hydrogen) atoms. The number of H-pyrrole nitrogens is 1. The smallest absolute Gasteiger partial charge is 0.497 e. The number of aromatic nitrogens is 4. The number of aliphatic imine (C=N–C) groups is 1. The number of aliphatic hydroxyl groups excluding tert-OH is 4. The molecule has 724 valence electrons. The maximum atomic E-state index is 14.2. The summed E-state index contributed by atoms with van der Waals surface area (Å²) < 4.78 is 82.5. The van der Waals surface area contributed by atoms with Gasteiger partial charge < -0.3 is 87.9 Å². The highest BCUT2D eigenvalue weighted by molar-refractivity contribution is 14.1. The molecule has 15 rings (SSSR count). The molecule has 0 radical (unpaired) electrons. The van der Waals surface area contributed by atoms with Crippen molar-refractivity contribution >= 4 is 74.2 Å². The first kappa shape index (κ1) is 102. The molecule has 0 bridgehead atoms. The predicted molar refractivity (Wildman–Crippen MR) is 526 cm³/mol. The normalized spacial score (nSPS) is 19.1. The van der Waals surface area contributed by atoms with Crippen molar-refractivity contribution in [2.75, 3.05) is 90.3 Å². The lowest BCUT2D eigenvalue weighted by atomic mass is 9.80. The number of benzene rings is 8. The molecule has 12 atom stereocenters. The molecule has 0 spiro atoms. The number of amidine groups is 1. The van der Waals surface area contributed by atoms with Crippen molar-refractivity contribution in [2.24, 2.45) is 4.99 Å². The van der Waals surface area contributed by atoms with Gasteiger partial charge in [0, 0.05) is 82.5 Å². The standard InChI is InChI=1S/C98H112N14O20P2.C2H5I/c1-62(2)112(63(3)4)133(126-52-21-47-99)131-81-54-88(110-51-46-85(105-95(110)117)104-86(113)32-20-50-109(6)97(119)124-58-80-77-30-18-14-26-73(77)74-27-15-19-31-78(74)80)130-84(81)60-128-134(120,127-53-49-100-5)132-82-55-89(129-83(82)59-125-98(66-22-10-9-11-23-66,67-37-41-69(121-7)42-38-67)68-39-43-70(122-8)44-40-68)111-61-103-90-91(111)107-94(108-93(90)116)106-87(114)45-48-101-92(115)65-35-33-64(34-36-65)56-102-96(118)123-57-79-75-28-16-12-24-71(75)72-25-13-17-29-76(72)79;1-2-3/h9-19,22-31,33-44,46,51,61-63,79-84,87-89,92,95-96,101-102,114-115,117-118,120H,20-21,32,45,48-50,52-60H2,1-4,6-8H3,(H2-,104,105,106,107,108,113,116);2H2,1H3/p+1/t81?,82?,83-,84-,87?,88-,89-,92?,95?,96?,133?,134?;/m1./s1. The average molecular weight is 2020 g/mol. The fourth-order valence-corrected chi connectivity index (χ4v) is 20.7. The van der Waals surface area contributed by atoms with E-state index >= 15 is 0 Å². The Morgan fingerprint density at radius 1 is 0.737 bits per heavy atom. The Bertz CT molecular complexity index is 5720. The number of alkyl halides is 1. The fraction of sp³-hybridized carbons (Fsp3) is 0.400. The van der Waals surface area contributed by atoms with E-state index < -0.39 is 109 Å². The number of nitrogens with zero attached hydrogens (tertiary/aromatic N) is 9. The number of amides is 2. The van der Waals surface area contributed by atoms with Crippen molar-refractivity contribution in [3.63, 3.8) is 0 Å². The van der Waals surface area contributed by atoms with Crippen LogP contribution in [0.1, 0.15) is 148 Å². The van der Waals surface area contributed by atoms with E-state index in [9.17, 15) is 45.0 Å². The highest BCUT2D eigenvalue weighted by Crippen LogP contribution is 2.62. The molecule has 10 aromatic rings. The Balaban J connectivity index is 0.00000493. The number of rotatable bonds is 45. The second-order valence-corrected chi connectivity index (χ2v) is 38.3. The summed E-state index contributed by atoms with van der Waals surface area (Å²) in [5, 5.41) is 67.0. The predicted octanol–water partition coefficient (Wildman–Crippen LogP) is 14.5. The summed E-state index contributed by atoms with van der Waals surface area (Å²) in [6, 6.07) is 66.0. The van der Waals surface area contributed by atoms with E-state index in [0.29, 0.717) is 33.8 Å². The second-order valence-electron chi connectivity index (χ2n) is 33.7. The molecule has 0 saturated carbocycles. The summed E-state index contributed by atoms with van der Waals surface area (Å²) in [5.74, 6) is 0.501. The Morgan fingerprint density at radius 2 is 1.31 bits per heavy atom. The van der Waals surface area contributed by atoms with Gasteiger partial charge in [-0.05, 0) is 141 Å². The molecular weight excluding hydrogens is 1910 g/mol. The van der Waals surface area contributed by atoms with Gasteiger partial charge in [-0.2, -0.15) is 19.7 Å². The molecule has 2 saturated heterocycles. The number of imidazole rings is 1. The van der Waals surface area contributed by atoms with Crippen molar-refractivity contribution in [1.29, 1.82) is 5.26 Å². The number of methoxy groups -OCH3 is 2. The number of carbonyl (C=O) groups is 2. The van der Waals surface area contributed by atoms with Crippen LogP contribution < -0.4 is 36.3 Å². The SMILES string of the molecule is CCI.[C-]#[N+]CCO[P+](O)(OC[C@H]1O[C@@H](N2C=CC(NC(=O)CCCN(C)C(=O)OCC3c4ccccc4-c4ccccc43)=NC2O)CC1OP(OCCC#N)N(C(C)C)C(C)C)OC1C[C@H](n2cnc3c(=O)[nH]c(NC(O)CCNC(O)c4ccc(CNC(O)OCC5c6ccccc6-c6ccccc65)cc4)nc32)O[C@@H]1COC(c1ccccc1)(c1ccc(OC)cc1)c1ccc(OC)cc1. The van der Waals surface area contributed by atoms with Crippen molar-refractivity contribution < 1.29 is 90.7 Å². The molecule has 8 aromatic carbocycles. The van der Waals surface area contributed by atoms with Crippen LogP contribution in [0.4, 0.5) is 10.7 Å². The van der Waals surface area contributed by atoms with E-state index in [1.165, 1.54) is 37.4 Å². The Morgan fingerprint density at radius 3 is 1.89 bits per heavy atom. The van der Waals surface area contributed by atoms with Crippen LogP contribution in [0.3, 0.4) is 0 Å². The first-order valence-electron chi connectivity index (χ1n) is 45.7. The van der Waals surface area contributed by atoms with Gasteiger partial charge in [-0.1, -0.05) is 205 Å². The third-order valence-corrected chi connectivity index (χ3v) is 27.7. The van der Waals surface area contributed by atoms with Gasteiger partial charge in [0.15, 0.2) is 17.8 Å². The number of ether oxygens (including phenoxy) is 7. The minimum absolute atomic E-state index is 0.00154. The molecule has 2 aliphatic carbocycles. The number of nitrogens with one attached hydrogen (secondary N) is 5. The minimum Gasteiger partial charge on any atom is -0.497 e. The largest absolute Gasteiger partial charge is 0.573 e. The Kier molecular flexibility index (Phi) is 36.4. The van der Waals surface area contributed by atoms with Crippen LogP contribution in [0, 0.1) is 17.9 Å². The maximum Gasteiger partial charge on any atom is 0.573 e. The highest BCUT2D eigenvalue weighted by atomic mass is 127. The Labute approximate surface area is 812 Å². The van der Waals surface area contributed by atoms with Crippen LogP contribution in [0.2, 0.25) is 0 Å². The van der Waals surface area contributed by atoms with Crippen LogP contribution in [0.25, 0.3) is 38.3 Å². The van der Waals surface area contributed by atoms with Crippen LogP contribution >= 0.6 is 39.3 Å². The van der Waals surface area contributed by atoms with E-state index in [2.05, 4.69) is 113 Å². The summed E-state index contributed by atoms with van der Waals surface area (Å²) in [6.07, 6.45) is -7.90. The number of aliphatic hydroxyl groups is 4. The molecule has 37 heteroatoms. The monoisotopic (exact) mass is 2020 g/mol. The number of hydrogen-bond acceptors (Lipinski definition) is 29. The number of carbonyl (C=O) groups excluding carboxylic acids is 2. The third-order valence-electron chi connectivity index (χ3n) is 24.0. The van der Waals surface area contributed by atoms with E-state index in [1.54, 1.807) is 33.4 Å². The summed E-state index contributed by atoms with van der Waals surface area (Å²) in [7, 11) is -1.97. The number of halogens is 1. The van der Waals surface area contributed by atoms with Gasteiger partial charge in [0.25, 0.3) is 14.1 Å². The summed E-state index contributed by atoms with van der Waals surface area (Å²) in [5.41, 5.74) is 10.2. The third kappa shape index (κ3) is 25.3. The number of aromatic amines is 1. The first-order chi connectivity index (χ1) is 66.4. The van der Waals surface area contributed by atoms with Crippen LogP contribution in [-0.2, 0) is 63.2 Å². The fourth-order valence-electron chi connectivity index (χ4n) is 17.5. The van der Waals surface area contributed by atoms with Gasteiger partial charge >= 0.3 is 14.3 Å². The summed E-state index contributed by atoms with van der Waals surface area (Å²) >= 11 is 2.29. The molecule has 2 amide bonds. The lowest BCUT2D eigenvalue weighted by molar-refractivity contribution is -0.123. The lowest BCUT2D eigenvalue weighted by Gasteiger charge is -2.37. The van der Waals surface area contributed by atoms with E-state index in [-0.39, 0.29) is 145 Å². The van der Waals surface area contributed by atoms with Gasteiger partial charge in [0.1, 0.15) is 79.4 Å². The molecule has 2 fully saturated rings. The van der Waals surface area contributed by atoms with Gasteiger partial charge in [-0.15, -0.1) is 9.05 Å². The summed E-state index contributed by atoms with van der Waals surface area (Å²) in [6.45, 7) is 17.4. The van der Waals surface area contributed by atoms with E-state index in [0.717, 1.165) is 50.1 Å². The Hall–Kier alpha value is -10.7. The lowest BCUT2D eigenvalue weighted by Crippen LogP contribution is -2.43. The first-order valence-corrected chi connectivity index (χ1v) is 49.8. The van der Waals surface area contributed by atoms with Crippen LogP contribution in [0.15, 0.2) is 229 Å². The van der Waals surface area contributed by atoms with Gasteiger partial charge in [-0.25, -0.2) is 26.0 Å². The zero-order valence-electron chi connectivity index (χ0n) is 77.5. The zero-order chi connectivity index (χ0) is 96.7. The molecule has 5 aliphatic rings. The topological polar surface area (TPSA) is 408 Å². The van der Waals surface area contributed by atoms with Gasteiger partial charge in [0.2, 0.25) is 31.2 Å². The van der Waals surface area contributed by atoms with Crippen molar-refractivity contribution in [3.05, 3.63) is 291 Å². The highest BCUT2D eigenvalue weighted by Gasteiger charge is 2.56. The average Bonchev–Trinajstić information content (AvgIpc) is 1.76. The molecular formula is C100H118IN14O20P2+. The van der Waals surface area contributed by atoms with E-state index in [4.69, 9.17) is 67.3 Å². The minimum atomic E-state index is -4.75. The summed E-state index contributed by atoms with van der Waals surface area (Å²) in [4.78, 5) is 77.1.